The zero-order valence-electron chi connectivity index (χ0n) is 22.7. The number of phenols is 1. The average molecular weight is 565 g/mol. The number of benzene rings is 3. The van der Waals surface area contributed by atoms with E-state index in [1.165, 1.54) is 55.5 Å². The van der Waals surface area contributed by atoms with Crippen molar-refractivity contribution in [2.24, 2.45) is 0 Å². The second-order valence-electron chi connectivity index (χ2n) is 9.43. The van der Waals surface area contributed by atoms with Gasteiger partial charge in [-0.15, -0.1) is 0 Å². The van der Waals surface area contributed by atoms with Crippen LogP contribution in [0.5, 0.6) is 23.0 Å². The van der Waals surface area contributed by atoms with Crippen LogP contribution in [-0.4, -0.2) is 72.5 Å². The van der Waals surface area contributed by atoms with E-state index in [2.05, 4.69) is 5.32 Å². The number of likely N-dealkylation sites (tertiary alicyclic amines) is 1. The largest absolute Gasteiger partial charge is 0.508 e. The number of hydrogen-bond donors (Lipinski definition) is 3. The maximum absolute atomic E-state index is 13.4. The van der Waals surface area contributed by atoms with Gasteiger partial charge in [-0.25, -0.2) is 9.59 Å². The van der Waals surface area contributed by atoms with Gasteiger partial charge in [0.05, 0.1) is 25.8 Å². The van der Waals surface area contributed by atoms with Crippen LogP contribution in [0.4, 0.5) is 4.79 Å². The fraction of sp³-hybridized carbons (Fsp3) is 0.300. The molecule has 1 aliphatic rings. The van der Waals surface area contributed by atoms with Crippen molar-refractivity contribution < 1.29 is 43.5 Å². The molecular formula is C30H32N2O9. The first-order chi connectivity index (χ1) is 19.8. The van der Waals surface area contributed by atoms with Crippen LogP contribution in [0.2, 0.25) is 0 Å². The Labute approximate surface area is 237 Å². The quantitative estimate of drug-likeness (QED) is 0.327. The lowest BCUT2D eigenvalue weighted by atomic mass is 10.1. The van der Waals surface area contributed by atoms with Crippen molar-refractivity contribution in [1.29, 1.82) is 0 Å². The summed E-state index contributed by atoms with van der Waals surface area (Å²) in [7, 11) is 2.89. The first kappa shape index (κ1) is 29.1. The van der Waals surface area contributed by atoms with Gasteiger partial charge in [0.25, 0.3) is 5.91 Å². The molecule has 3 aromatic rings. The summed E-state index contributed by atoms with van der Waals surface area (Å²) < 4.78 is 22.8. The summed E-state index contributed by atoms with van der Waals surface area (Å²) in [6.45, 7) is 0.405. The van der Waals surface area contributed by atoms with E-state index < -0.39 is 30.1 Å². The molecule has 1 fully saturated rings. The van der Waals surface area contributed by atoms with Crippen LogP contribution in [0, 0.1) is 0 Å². The number of nitrogens with zero attached hydrogens (tertiary/aromatic N) is 1. The van der Waals surface area contributed by atoms with Crippen molar-refractivity contribution in [3.05, 3.63) is 83.4 Å². The van der Waals surface area contributed by atoms with E-state index in [0.29, 0.717) is 18.6 Å². The van der Waals surface area contributed by atoms with E-state index >= 15 is 0 Å². The van der Waals surface area contributed by atoms with Gasteiger partial charge >= 0.3 is 12.1 Å². The molecule has 4 rings (SSSR count). The Balaban J connectivity index is 1.54. The third-order valence-corrected chi connectivity index (χ3v) is 6.68. The molecule has 11 heteroatoms. The molecule has 1 heterocycles. The molecule has 0 saturated carbocycles. The van der Waals surface area contributed by atoms with E-state index in [1.54, 1.807) is 0 Å². The van der Waals surface area contributed by atoms with Crippen LogP contribution >= 0.6 is 0 Å². The van der Waals surface area contributed by atoms with Crippen molar-refractivity contribution in [2.75, 3.05) is 27.3 Å². The van der Waals surface area contributed by atoms with Crippen LogP contribution in [0.3, 0.4) is 0 Å². The Kier molecular flexibility index (Phi) is 9.51. The summed E-state index contributed by atoms with van der Waals surface area (Å²) in [5, 5.41) is 21.9. The second-order valence-corrected chi connectivity index (χ2v) is 9.43. The summed E-state index contributed by atoms with van der Waals surface area (Å²) in [5.41, 5.74) is 1.33. The molecule has 0 unspecified atom stereocenters. The normalized spacial score (nSPS) is 16.7. The van der Waals surface area contributed by atoms with Gasteiger partial charge in [0.15, 0.2) is 11.5 Å². The van der Waals surface area contributed by atoms with Gasteiger partial charge in [0, 0.05) is 18.7 Å². The summed E-state index contributed by atoms with van der Waals surface area (Å²) in [4.78, 5) is 39.2. The summed E-state index contributed by atoms with van der Waals surface area (Å²) in [5.74, 6) is -0.340. The number of aromatic hydroxyl groups is 1. The summed E-state index contributed by atoms with van der Waals surface area (Å²) >= 11 is 0. The molecular weight excluding hydrogens is 532 g/mol. The van der Waals surface area contributed by atoms with Crippen LogP contribution in [0.15, 0.2) is 66.7 Å². The fourth-order valence-electron chi connectivity index (χ4n) is 4.52. The van der Waals surface area contributed by atoms with Crippen molar-refractivity contribution in [3.8, 4) is 23.0 Å². The number of esters is 1. The second kappa shape index (κ2) is 13.4. The molecule has 1 saturated heterocycles. The van der Waals surface area contributed by atoms with Gasteiger partial charge in [0.2, 0.25) is 5.75 Å². The monoisotopic (exact) mass is 564 g/mol. The molecule has 0 radical (unpaired) electrons. The Hall–Kier alpha value is -4.93. The molecule has 3 aromatic carbocycles. The highest BCUT2D eigenvalue weighted by Crippen LogP contribution is 2.39. The Bertz CT molecular complexity index is 1340. The molecule has 1 aliphatic heterocycles. The van der Waals surface area contributed by atoms with Gasteiger partial charge < -0.3 is 39.4 Å². The molecule has 0 spiro atoms. The van der Waals surface area contributed by atoms with E-state index in [4.69, 9.17) is 18.9 Å². The molecule has 2 amide bonds. The van der Waals surface area contributed by atoms with Gasteiger partial charge in [-0.3, -0.25) is 4.79 Å². The number of nitrogens with one attached hydrogen (secondary N) is 1. The smallest absolute Gasteiger partial charge is 0.407 e. The average Bonchev–Trinajstić information content (AvgIpc) is 3.18. The highest BCUT2D eigenvalue weighted by Gasteiger charge is 2.34. The molecule has 216 valence electrons. The van der Waals surface area contributed by atoms with Gasteiger partial charge in [-0.1, -0.05) is 30.3 Å². The number of carbonyl (C=O) groups excluding carboxylic acids is 2. The number of rotatable bonds is 9. The van der Waals surface area contributed by atoms with Gasteiger partial charge in [0.1, 0.15) is 18.5 Å². The minimum absolute atomic E-state index is 0.00205. The molecule has 3 N–H and O–H groups in total. The third kappa shape index (κ3) is 7.38. The molecule has 11 nitrogen and oxygen atoms in total. The number of carboxylic acid groups (broad SMARTS) is 1. The predicted octanol–water partition coefficient (Wildman–Crippen LogP) is 4.09. The number of methoxy groups -OCH3 is 2. The number of ether oxygens (including phenoxy) is 4. The maximum Gasteiger partial charge on any atom is 0.407 e. The van der Waals surface area contributed by atoms with Crippen molar-refractivity contribution in [3.63, 3.8) is 0 Å². The first-order valence-electron chi connectivity index (χ1n) is 13.0. The third-order valence-electron chi connectivity index (χ3n) is 6.68. The lowest BCUT2D eigenvalue weighted by molar-refractivity contribution is 0.0178. The van der Waals surface area contributed by atoms with E-state index in [0.717, 1.165) is 5.56 Å². The molecule has 41 heavy (non-hydrogen) atoms. The zero-order chi connectivity index (χ0) is 29.4. The van der Waals surface area contributed by atoms with Crippen molar-refractivity contribution in [2.45, 2.75) is 31.6 Å². The molecule has 0 aromatic heterocycles. The lowest BCUT2D eigenvalue weighted by Gasteiger charge is -2.28. The minimum atomic E-state index is -1.14. The predicted molar refractivity (Wildman–Crippen MR) is 148 cm³/mol. The van der Waals surface area contributed by atoms with Crippen LogP contribution in [0.1, 0.15) is 39.1 Å². The van der Waals surface area contributed by atoms with Crippen molar-refractivity contribution in [1.82, 2.24) is 10.2 Å². The Morgan fingerprint density at radius 2 is 1.61 bits per heavy atom. The first-order valence-corrected chi connectivity index (χ1v) is 13.0. The zero-order valence-corrected chi connectivity index (χ0v) is 22.7. The molecule has 0 aliphatic carbocycles. The Morgan fingerprint density at radius 3 is 2.22 bits per heavy atom. The SMILES string of the molecule is COc1cc(C(=O)O[C@@H]2CCCN(C(=O)O)C[C@H]2NC(=O)c2ccc(O)cc2)cc(OC)c1OCc1ccccc1. The molecule has 0 bridgehead atoms. The van der Waals surface area contributed by atoms with Crippen LogP contribution in [-0.2, 0) is 11.3 Å². The van der Waals surface area contributed by atoms with E-state index in [1.807, 2.05) is 30.3 Å². The highest BCUT2D eigenvalue weighted by atomic mass is 16.5. The van der Waals surface area contributed by atoms with Gasteiger partial charge in [-0.05, 0) is 54.8 Å². The van der Waals surface area contributed by atoms with E-state index in [9.17, 15) is 24.6 Å². The standard InChI is InChI=1S/C30H32N2O9/c1-38-25-15-21(16-26(39-2)27(25)40-18-19-7-4-3-5-8-19)29(35)41-24-9-6-14-32(30(36)37)17-23(24)31-28(34)20-10-12-22(33)13-11-20/h3-5,7-8,10-13,15-16,23-24,33H,6,9,14,17-18H2,1-2H3,(H,31,34)(H,36,37)/t23-,24-/m1/s1. The number of phenolic OH excluding ortho intramolecular Hbond substituents is 1. The van der Waals surface area contributed by atoms with E-state index in [-0.39, 0.29) is 48.1 Å². The van der Waals surface area contributed by atoms with Crippen LogP contribution < -0.4 is 19.5 Å². The minimum Gasteiger partial charge on any atom is -0.508 e. The fourth-order valence-corrected chi connectivity index (χ4v) is 4.52. The lowest BCUT2D eigenvalue weighted by Crippen LogP contribution is -2.51. The van der Waals surface area contributed by atoms with Crippen LogP contribution in [0.25, 0.3) is 0 Å². The van der Waals surface area contributed by atoms with Gasteiger partial charge in [-0.2, -0.15) is 0 Å². The summed E-state index contributed by atoms with van der Waals surface area (Å²) in [6.07, 6.45) is -1.21. The summed E-state index contributed by atoms with van der Waals surface area (Å²) in [6, 6.07) is 17.3. The Morgan fingerprint density at radius 1 is 0.951 bits per heavy atom. The van der Waals surface area contributed by atoms with Crippen molar-refractivity contribution >= 4 is 18.0 Å². The topological polar surface area (TPSA) is 144 Å². The highest BCUT2D eigenvalue weighted by molar-refractivity contribution is 5.95. The molecule has 2 atom stereocenters. The maximum atomic E-state index is 13.4. The number of carbonyl (C=O) groups is 3. The number of hydrogen-bond acceptors (Lipinski definition) is 8. The number of amides is 2.